The molecule has 90 valence electrons. The molecular formula is C17H16O. The van der Waals surface area contributed by atoms with Crippen molar-refractivity contribution in [2.45, 2.75) is 20.0 Å². The fourth-order valence-corrected chi connectivity index (χ4v) is 2.52. The van der Waals surface area contributed by atoms with Gasteiger partial charge in [-0.2, -0.15) is 0 Å². The number of rotatable bonds is 1. The first-order valence-corrected chi connectivity index (χ1v) is 6.29. The second-order valence-electron chi connectivity index (χ2n) is 4.67. The second-order valence-corrected chi connectivity index (χ2v) is 4.67. The zero-order chi connectivity index (χ0) is 12.5. The summed E-state index contributed by atoms with van der Waals surface area (Å²) in [6.07, 6.45) is 0.111. The van der Waals surface area contributed by atoms with Crippen LogP contribution in [0.25, 0.3) is 11.3 Å². The summed E-state index contributed by atoms with van der Waals surface area (Å²) in [7, 11) is 0. The van der Waals surface area contributed by atoms with Crippen LogP contribution in [-0.2, 0) is 4.74 Å². The predicted octanol–water partition coefficient (Wildman–Crippen LogP) is 4.67. The molecule has 18 heavy (non-hydrogen) atoms. The fourth-order valence-electron chi connectivity index (χ4n) is 2.52. The van der Waals surface area contributed by atoms with Gasteiger partial charge in [-0.05, 0) is 30.5 Å². The Morgan fingerprint density at radius 2 is 1.56 bits per heavy atom. The van der Waals surface area contributed by atoms with Crippen molar-refractivity contribution in [1.82, 2.24) is 0 Å². The number of benzene rings is 2. The highest BCUT2D eigenvalue weighted by molar-refractivity contribution is 5.89. The first-order chi connectivity index (χ1) is 8.77. The zero-order valence-electron chi connectivity index (χ0n) is 10.7. The van der Waals surface area contributed by atoms with E-state index < -0.39 is 0 Å². The van der Waals surface area contributed by atoms with E-state index in [0.717, 1.165) is 11.3 Å². The maximum atomic E-state index is 6.09. The van der Waals surface area contributed by atoms with Crippen molar-refractivity contribution < 1.29 is 4.74 Å². The highest BCUT2D eigenvalue weighted by atomic mass is 16.5. The van der Waals surface area contributed by atoms with Crippen LogP contribution < -0.4 is 0 Å². The van der Waals surface area contributed by atoms with Crippen molar-refractivity contribution in [2.24, 2.45) is 0 Å². The molecule has 1 heterocycles. The van der Waals surface area contributed by atoms with Gasteiger partial charge in [0.2, 0.25) is 0 Å². The summed E-state index contributed by atoms with van der Waals surface area (Å²) in [5, 5.41) is 0. The summed E-state index contributed by atoms with van der Waals surface area (Å²) < 4.78 is 6.09. The van der Waals surface area contributed by atoms with Crippen LogP contribution in [0.3, 0.4) is 0 Å². The number of fused-ring (bicyclic) bond motifs is 1. The molecule has 1 heteroatoms. The topological polar surface area (TPSA) is 9.23 Å². The van der Waals surface area contributed by atoms with Gasteiger partial charge in [-0.3, -0.25) is 0 Å². The lowest BCUT2D eigenvalue weighted by Crippen LogP contribution is -2.09. The normalized spacial score (nSPS) is 18.2. The van der Waals surface area contributed by atoms with Gasteiger partial charge in [0, 0.05) is 5.56 Å². The van der Waals surface area contributed by atoms with E-state index in [9.17, 15) is 0 Å². The van der Waals surface area contributed by atoms with Crippen LogP contribution in [0.1, 0.15) is 36.6 Å². The zero-order valence-corrected chi connectivity index (χ0v) is 10.7. The number of allylic oxidation sites excluding steroid dienone is 1. The Morgan fingerprint density at radius 3 is 2.33 bits per heavy atom. The van der Waals surface area contributed by atoms with Crippen LogP contribution in [0.4, 0.5) is 0 Å². The van der Waals surface area contributed by atoms with Gasteiger partial charge in [-0.25, -0.2) is 0 Å². The Labute approximate surface area is 108 Å². The third-order valence-electron chi connectivity index (χ3n) is 3.47. The van der Waals surface area contributed by atoms with Gasteiger partial charge in [0.25, 0.3) is 0 Å². The van der Waals surface area contributed by atoms with E-state index in [4.69, 9.17) is 4.74 Å². The largest absolute Gasteiger partial charge is 0.485 e. The van der Waals surface area contributed by atoms with Gasteiger partial charge in [0.15, 0.2) is 0 Å². The molecule has 0 aliphatic carbocycles. The van der Waals surface area contributed by atoms with Crippen LogP contribution in [0.15, 0.2) is 54.6 Å². The molecule has 0 spiro atoms. The molecule has 1 nitrogen and oxygen atoms in total. The summed E-state index contributed by atoms with van der Waals surface area (Å²) in [5.74, 6) is 1.00. The molecule has 2 aromatic rings. The van der Waals surface area contributed by atoms with Crippen LogP contribution >= 0.6 is 0 Å². The predicted molar refractivity (Wildman–Crippen MR) is 74.9 cm³/mol. The molecule has 0 saturated carbocycles. The van der Waals surface area contributed by atoms with Crippen molar-refractivity contribution in [1.29, 1.82) is 0 Å². The Balaban J connectivity index is 2.18. The van der Waals surface area contributed by atoms with E-state index in [0.29, 0.717) is 0 Å². The van der Waals surface area contributed by atoms with E-state index in [1.54, 1.807) is 0 Å². The second kappa shape index (κ2) is 4.34. The average molecular weight is 236 g/mol. The Kier molecular flexibility index (Phi) is 2.67. The summed E-state index contributed by atoms with van der Waals surface area (Å²) in [4.78, 5) is 0. The third-order valence-corrected chi connectivity index (χ3v) is 3.47. The fraction of sp³-hybridized carbons (Fsp3) is 0.176. The van der Waals surface area contributed by atoms with Gasteiger partial charge in [0.1, 0.15) is 11.9 Å². The Morgan fingerprint density at radius 1 is 0.889 bits per heavy atom. The molecule has 0 N–H and O–H groups in total. The quantitative estimate of drug-likeness (QED) is 0.699. The molecule has 1 atom stereocenters. The van der Waals surface area contributed by atoms with Crippen LogP contribution in [0, 0.1) is 0 Å². The molecular weight excluding hydrogens is 220 g/mol. The monoisotopic (exact) mass is 236 g/mol. The van der Waals surface area contributed by atoms with Crippen LogP contribution in [0.5, 0.6) is 0 Å². The lowest BCUT2D eigenvalue weighted by Gasteiger charge is -2.27. The standard InChI is InChI=1S/C17H16O/c1-12-15-10-6-7-11-16(15)13(2)18-17(12)14-8-4-3-5-9-14/h3-11,13H,1-2H3. The maximum Gasteiger partial charge on any atom is 0.130 e. The molecule has 1 aliphatic heterocycles. The summed E-state index contributed by atoms with van der Waals surface area (Å²) in [6, 6.07) is 18.8. The highest BCUT2D eigenvalue weighted by Crippen LogP contribution is 2.39. The lowest BCUT2D eigenvalue weighted by molar-refractivity contribution is 0.185. The summed E-state index contributed by atoms with van der Waals surface area (Å²) in [6.45, 7) is 4.24. The van der Waals surface area contributed by atoms with Gasteiger partial charge >= 0.3 is 0 Å². The first-order valence-electron chi connectivity index (χ1n) is 6.29. The number of ether oxygens (including phenoxy) is 1. The molecule has 1 aliphatic rings. The van der Waals surface area contributed by atoms with E-state index >= 15 is 0 Å². The lowest BCUT2D eigenvalue weighted by atomic mass is 9.92. The van der Waals surface area contributed by atoms with Crippen molar-refractivity contribution in [3.05, 3.63) is 71.3 Å². The van der Waals surface area contributed by atoms with Crippen molar-refractivity contribution in [3.63, 3.8) is 0 Å². The van der Waals surface area contributed by atoms with Gasteiger partial charge in [-0.1, -0.05) is 54.6 Å². The molecule has 1 unspecified atom stereocenters. The van der Waals surface area contributed by atoms with Crippen molar-refractivity contribution in [3.8, 4) is 0 Å². The minimum absolute atomic E-state index is 0.111. The molecule has 0 aromatic heterocycles. The minimum atomic E-state index is 0.111. The Bertz CT molecular complexity index is 596. The molecule has 0 bridgehead atoms. The molecule has 0 radical (unpaired) electrons. The Hall–Kier alpha value is -2.02. The number of hydrogen-bond acceptors (Lipinski definition) is 1. The number of hydrogen-bond donors (Lipinski definition) is 0. The third kappa shape index (κ3) is 1.72. The summed E-state index contributed by atoms with van der Waals surface area (Å²) in [5.41, 5.74) is 4.94. The van der Waals surface area contributed by atoms with E-state index in [-0.39, 0.29) is 6.10 Å². The van der Waals surface area contributed by atoms with Gasteiger partial charge in [-0.15, -0.1) is 0 Å². The SMILES string of the molecule is CC1=C(c2ccccc2)OC(C)c2ccccc21. The summed E-state index contributed by atoms with van der Waals surface area (Å²) >= 11 is 0. The van der Waals surface area contributed by atoms with Gasteiger partial charge < -0.3 is 4.74 Å². The van der Waals surface area contributed by atoms with Crippen LogP contribution in [-0.4, -0.2) is 0 Å². The van der Waals surface area contributed by atoms with E-state index in [2.05, 4.69) is 50.2 Å². The minimum Gasteiger partial charge on any atom is -0.485 e. The molecule has 0 fully saturated rings. The average Bonchev–Trinajstić information content (AvgIpc) is 2.44. The highest BCUT2D eigenvalue weighted by Gasteiger charge is 2.23. The van der Waals surface area contributed by atoms with Crippen molar-refractivity contribution in [2.75, 3.05) is 0 Å². The van der Waals surface area contributed by atoms with Crippen molar-refractivity contribution >= 4 is 11.3 Å². The smallest absolute Gasteiger partial charge is 0.130 e. The van der Waals surface area contributed by atoms with Gasteiger partial charge in [0.05, 0.1) is 0 Å². The van der Waals surface area contributed by atoms with E-state index in [1.807, 2.05) is 18.2 Å². The molecule has 0 amide bonds. The molecule has 0 saturated heterocycles. The first kappa shape index (κ1) is 11.1. The molecule has 3 rings (SSSR count). The van der Waals surface area contributed by atoms with E-state index in [1.165, 1.54) is 16.7 Å². The maximum absolute atomic E-state index is 6.09. The van der Waals surface area contributed by atoms with Crippen LogP contribution in [0.2, 0.25) is 0 Å². The molecule has 2 aromatic carbocycles.